The lowest BCUT2D eigenvalue weighted by atomic mass is 9.81. The van der Waals surface area contributed by atoms with E-state index >= 15 is 0 Å². The van der Waals surface area contributed by atoms with Gasteiger partial charge in [0.1, 0.15) is 5.82 Å². The lowest BCUT2D eigenvalue weighted by molar-refractivity contribution is -0.0655. The van der Waals surface area contributed by atoms with Crippen molar-refractivity contribution in [3.8, 4) is 0 Å². The Morgan fingerprint density at radius 3 is 2.85 bits per heavy atom. The normalized spacial score (nSPS) is 27.6. The Balaban J connectivity index is 1.66. The number of nitrogens with one attached hydrogen (secondary N) is 1. The van der Waals surface area contributed by atoms with Crippen LogP contribution in [0.25, 0.3) is 16.8 Å². The second-order valence-corrected chi connectivity index (χ2v) is 8.60. The summed E-state index contributed by atoms with van der Waals surface area (Å²) in [5.41, 5.74) is 2.17. The molecule has 2 saturated heterocycles. The molecule has 2 aliphatic heterocycles. The summed E-state index contributed by atoms with van der Waals surface area (Å²) in [7, 11) is -4.32. The Labute approximate surface area is 155 Å². The van der Waals surface area contributed by atoms with E-state index in [9.17, 15) is 13.0 Å². The second-order valence-electron chi connectivity index (χ2n) is 7.24. The van der Waals surface area contributed by atoms with E-state index in [-0.39, 0.29) is 30.3 Å². The highest BCUT2D eigenvalue weighted by atomic mass is 32.2. The topological polar surface area (TPSA) is 126 Å². The van der Waals surface area contributed by atoms with Crippen LogP contribution in [0.2, 0.25) is 0 Å². The van der Waals surface area contributed by atoms with Crippen molar-refractivity contribution in [3.05, 3.63) is 24.3 Å². The van der Waals surface area contributed by atoms with E-state index in [4.69, 9.17) is 4.74 Å². The molecule has 2 N–H and O–H groups in total. The molecule has 3 aromatic rings. The summed E-state index contributed by atoms with van der Waals surface area (Å²) in [6.07, 6.45) is 4.20. The van der Waals surface area contributed by atoms with Crippen LogP contribution in [0.5, 0.6) is 0 Å². The molecule has 3 atom stereocenters. The second kappa shape index (κ2) is 5.96. The lowest BCUT2D eigenvalue weighted by Gasteiger charge is -2.38. The molecule has 2 fully saturated rings. The molecule has 0 saturated carbocycles. The zero-order chi connectivity index (χ0) is 18.8. The lowest BCUT2D eigenvalue weighted by Crippen LogP contribution is -2.49. The average Bonchev–Trinajstić information content (AvgIpc) is 3.27. The van der Waals surface area contributed by atoms with Gasteiger partial charge in [-0.3, -0.25) is 8.95 Å². The fraction of sp³-hybridized carbons (Fsp3) is 0.562. The first-order chi connectivity index (χ1) is 13.0. The predicted molar refractivity (Wildman–Crippen MR) is 95.5 cm³/mol. The molecule has 0 radical (unpaired) electrons. The van der Waals surface area contributed by atoms with Crippen LogP contribution in [0.1, 0.15) is 25.1 Å². The maximum atomic E-state index is 12.1. The van der Waals surface area contributed by atoms with Gasteiger partial charge in [-0.2, -0.15) is 12.7 Å². The molecular formula is C16H20N6O4S. The van der Waals surface area contributed by atoms with Gasteiger partial charge in [0.2, 0.25) is 0 Å². The van der Waals surface area contributed by atoms with E-state index in [1.165, 1.54) is 4.31 Å². The quantitative estimate of drug-likeness (QED) is 0.630. The largest absolute Gasteiger partial charge is 0.381 e. The molecule has 5 rings (SSSR count). The number of hydrogen-bond donors (Lipinski definition) is 2. The van der Waals surface area contributed by atoms with Crippen LogP contribution in [-0.2, 0) is 15.0 Å². The summed E-state index contributed by atoms with van der Waals surface area (Å²) in [5.74, 6) is 0.601. The Bertz CT molecular complexity index is 1100. The summed E-state index contributed by atoms with van der Waals surface area (Å²) >= 11 is 0. The van der Waals surface area contributed by atoms with E-state index in [0.29, 0.717) is 30.3 Å². The number of aromatic amines is 1. The summed E-state index contributed by atoms with van der Waals surface area (Å²) in [6, 6.07) is 1.59. The molecule has 0 amide bonds. The molecule has 10 nitrogen and oxygen atoms in total. The highest BCUT2D eigenvalue weighted by molar-refractivity contribution is 7.83. The fourth-order valence-corrected chi connectivity index (χ4v) is 5.61. The maximum Gasteiger partial charge on any atom is 0.336 e. The van der Waals surface area contributed by atoms with Crippen LogP contribution in [-0.4, -0.2) is 67.6 Å². The van der Waals surface area contributed by atoms with Gasteiger partial charge in [-0.1, -0.05) is 13.3 Å². The molecule has 11 heteroatoms. The van der Waals surface area contributed by atoms with Gasteiger partial charge in [-0.05, 0) is 12.0 Å². The van der Waals surface area contributed by atoms with Crippen LogP contribution in [0.3, 0.4) is 0 Å². The minimum absolute atomic E-state index is 0.00961. The summed E-state index contributed by atoms with van der Waals surface area (Å²) in [4.78, 5) is 7.40. The molecule has 0 aromatic carbocycles. The van der Waals surface area contributed by atoms with E-state index in [1.54, 1.807) is 12.4 Å². The number of rotatable bonds is 4. The van der Waals surface area contributed by atoms with E-state index < -0.39 is 10.3 Å². The van der Waals surface area contributed by atoms with Crippen molar-refractivity contribution in [2.24, 2.45) is 11.8 Å². The van der Waals surface area contributed by atoms with E-state index in [1.807, 2.05) is 17.4 Å². The Morgan fingerprint density at radius 1 is 1.37 bits per heavy atom. The van der Waals surface area contributed by atoms with Crippen molar-refractivity contribution in [1.82, 2.24) is 28.9 Å². The van der Waals surface area contributed by atoms with E-state index in [2.05, 4.69) is 20.2 Å². The number of nitrogens with zero attached hydrogens (tertiary/aromatic N) is 5. The Hall–Kier alpha value is -2.08. The van der Waals surface area contributed by atoms with Crippen molar-refractivity contribution in [2.45, 2.75) is 25.3 Å². The molecule has 3 aromatic heterocycles. The highest BCUT2D eigenvalue weighted by Crippen LogP contribution is 2.44. The number of fused-ring (bicyclic) bond motifs is 3. The standard InChI is InChI=1S/C16H20N6O4S/c1-2-10-11(6-21(27(23,24)25)14(10)9-7-26-8-9)16-20-19-13-5-18-15-12(22(13)16)3-4-17-15/h3-5,9-11,14,17H,2,6-8H2,1H3,(H,23,24,25)/t10-,11-,14?/m0/s1. The van der Waals surface area contributed by atoms with Crippen LogP contribution in [0.15, 0.2) is 18.5 Å². The summed E-state index contributed by atoms with van der Waals surface area (Å²) in [5, 5.41) is 8.62. The van der Waals surface area contributed by atoms with Crippen molar-refractivity contribution < 1.29 is 17.7 Å². The molecule has 0 aliphatic carbocycles. The number of ether oxygens (including phenoxy) is 1. The minimum Gasteiger partial charge on any atom is -0.381 e. The third-order valence-electron chi connectivity index (χ3n) is 5.88. The van der Waals surface area contributed by atoms with Crippen molar-refractivity contribution in [1.29, 1.82) is 0 Å². The third kappa shape index (κ3) is 2.49. The molecular weight excluding hydrogens is 372 g/mol. The van der Waals surface area contributed by atoms with Gasteiger partial charge in [-0.25, -0.2) is 4.98 Å². The third-order valence-corrected chi connectivity index (χ3v) is 6.86. The van der Waals surface area contributed by atoms with Crippen LogP contribution in [0.4, 0.5) is 0 Å². The summed E-state index contributed by atoms with van der Waals surface area (Å²) in [6.45, 7) is 3.22. The first-order valence-electron chi connectivity index (χ1n) is 8.98. The molecule has 0 bridgehead atoms. The zero-order valence-electron chi connectivity index (χ0n) is 14.7. The van der Waals surface area contributed by atoms with Crippen LogP contribution in [0, 0.1) is 11.8 Å². The van der Waals surface area contributed by atoms with Crippen LogP contribution >= 0.6 is 0 Å². The van der Waals surface area contributed by atoms with Crippen LogP contribution < -0.4 is 0 Å². The smallest absolute Gasteiger partial charge is 0.336 e. The monoisotopic (exact) mass is 392 g/mol. The SMILES string of the molecule is CC[C@@H]1C(C2COC2)N(S(=O)(=O)O)C[C@@H]1c1nnc2cnc3[nH]ccc3n12. The zero-order valence-corrected chi connectivity index (χ0v) is 15.5. The Morgan fingerprint density at radius 2 is 2.19 bits per heavy atom. The van der Waals surface area contributed by atoms with Crippen molar-refractivity contribution >= 4 is 27.1 Å². The van der Waals surface area contributed by atoms with Gasteiger partial charge >= 0.3 is 10.3 Å². The molecule has 144 valence electrons. The number of aromatic nitrogens is 5. The highest BCUT2D eigenvalue weighted by Gasteiger charge is 2.52. The number of hydrogen-bond acceptors (Lipinski definition) is 6. The first-order valence-corrected chi connectivity index (χ1v) is 10.4. The molecule has 2 aliphatic rings. The first kappa shape index (κ1) is 17.0. The van der Waals surface area contributed by atoms with Crippen molar-refractivity contribution in [2.75, 3.05) is 19.8 Å². The fourth-order valence-electron chi connectivity index (χ4n) is 4.62. The van der Waals surface area contributed by atoms with Gasteiger partial charge in [0.15, 0.2) is 11.3 Å². The van der Waals surface area contributed by atoms with Gasteiger partial charge < -0.3 is 9.72 Å². The molecule has 5 heterocycles. The van der Waals surface area contributed by atoms with Gasteiger partial charge in [0.05, 0.1) is 24.9 Å². The molecule has 27 heavy (non-hydrogen) atoms. The predicted octanol–water partition coefficient (Wildman–Crippen LogP) is 0.849. The van der Waals surface area contributed by atoms with Crippen molar-refractivity contribution in [3.63, 3.8) is 0 Å². The summed E-state index contributed by atoms with van der Waals surface area (Å²) < 4.78 is 42.4. The average molecular weight is 392 g/mol. The number of H-pyrrole nitrogens is 1. The molecule has 0 spiro atoms. The van der Waals surface area contributed by atoms with E-state index in [0.717, 1.165) is 11.9 Å². The maximum absolute atomic E-state index is 12.1. The minimum atomic E-state index is -4.32. The Kier molecular flexibility index (Phi) is 3.76. The molecule has 1 unspecified atom stereocenters. The van der Waals surface area contributed by atoms with Gasteiger partial charge in [-0.15, -0.1) is 10.2 Å². The van der Waals surface area contributed by atoms with Gasteiger partial charge in [0, 0.05) is 30.6 Å². The van der Waals surface area contributed by atoms with Gasteiger partial charge in [0.25, 0.3) is 0 Å².